The Morgan fingerprint density at radius 3 is 1.66 bits per heavy atom. The van der Waals surface area contributed by atoms with Crippen molar-refractivity contribution in [1.82, 2.24) is 10.6 Å². The molecule has 35 heteroatoms. The second kappa shape index (κ2) is 28.0. The zero-order valence-corrected chi connectivity index (χ0v) is 36.3. The van der Waals surface area contributed by atoms with Crippen molar-refractivity contribution in [2.75, 3.05) is 86.2 Å². The van der Waals surface area contributed by atoms with Crippen LogP contribution in [0.5, 0.6) is 0 Å². The largest absolute Gasteiger partial charge is 0.756 e. The molecule has 1 fully saturated rings. The van der Waals surface area contributed by atoms with Crippen molar-refractivity contribution in [3.05, 3.63) is 0 Å². The molecular weight excluding hydrogens is 917 g/mol. The van der Waals surface area contributed by atoms with Crippen LogP contribution < -0.4 is 35.1 Å². The highest BCUT2D eigenvalue weighted by Crippen LogP contribution is 2.71. The Morgan fingerprint density at radius 2 is 1.12 bits per heavy atom. The van der Waals surface area contributed by atoms with Crippen LogP contribution in [0, 0.1) is 0 Å². The van der Waals surface area contributed by atoms with E-state index in [1.165, 1.54) is 0 Å². The number of carbonyl (C=O) groups excluding carboxylic acids is 1. The summed E-state index contributed by atoms with van der Waals surface area (Å²) in [6.07, 6.45) is -1.54. The number of phosphoric acid groups is 6. The van der Waals surface area contributed by atoms with Gasteiger partial charge in [0.1, 0.15) is 14.0 Å². The highest BCUT2D eigenvalue weighted by molar-refractivity contribution is 7.71. The van der Waals surface area contributed by atoms with Crippen molar-refractivity contribution < 1.29 is 121 Å². The van der Waals surface area contributed by atoms with Gasteiger partial charge in [0.25, 0.3) is 39.1 Å². The van der Waals surface area contributed by atoms with Gasteiger partial charge >= 0.3 is 7.82 Å². The molecule has 342 valence electrons. The summed E-state index contributed by atoms with van der Waals surface area (Å²) in [6, 6.07) is -1.02. The molecule has 1 heterocycles. The second-order valence-corrected chi connectivity index (χ2v) is 20.5. The van der Waals surface area contributed by atoms with Crippen LogP contribution in [0.4, 0.5) is 0 Å². The Hall–Kier alpha value is 0.115. The fourth-order valence-electron chi connectivity index (χ4n) is 3.98. The highest BCUT2D eigenvalue weighted by atomic mass is 31.3. The molecule has 0 spiro atoms. The standard InChI is InChI=1S/C23H51BN2O26P6/c1-25-8-11-42-13-15-44-17-16-43-14-12-41-10-6-23(28)26-7-4-2-3-5-9-45-53(29,30)48-55(33,34)50-57(37,38)52-58(39,40)51-56(35,36)49-54(31,32)46-19-21-20(27)18-22(24)47-21/h20-22,25,27H,2-19H2,1H3,(H,26,28)(H,29,30)(H,31,32)(H,33,34)(H,35,36)(H,37,38)(H,39,40)/p-5/t20?,21-,22-/m1/s1. The first kappa shape index (κ1) is 56.1. The van der Waals surface area contributed by atoms with Gasteiger partial charge in [0, 0.05) is 25.5 Å². The molecule has 0 aromatic heterocycles. The molecule has 1 rings (SSSR count). The number of unbranched alkanes of at least 4 members (excludes halogenated alkanes) is 3. The predicted molar refractivity (Wildman–Crippen MR) is 184 cm³/mol. The molecule has 9 atom stereocenters. The van der Waals surface area contributed by atoms with Gasteiger partial charge in [-0.3, -0.25) is 27.6 Å². The van der Waals surface area contributed by atoms with E-state index < -0.39 is 78.4 Å². The Morgan fingerprint density at radius 1 is 0.655 bits per heavy atom. The van der Waals surface area contributed by atoms with Crippen molar-refractivity contribution in [1.29, 1.82) is 0 Å². The molecule has 0 aromatic rings. The summed E-state index contributed by atoms with van der Waals surface area (Å²) in [4.78, 5) is 80.5. The lowest BCUT2D eigenvalue weighted by atomic mass is 9.96. The Balaban J connectivity index is 2.25. The number of aliphatic hydroxyl groups is 1. The summed E-state index contributed by atoms with van der Waals surface area (Å²) in [5, 5.41) is 15.2. The number of hydrogen-bond donors (Lipinski definition) is 4. The molecular formula is C23H46BN2O26P6-5. The van der Waals surface area contributed by atoms with Crippen LogP contribution in [-0.4, -0.2) is 128 Å². The molecule has 0 aliphatic carbocycles. The molecule has 0 aromatic carbocycles. The number of carbonyl (C=O) groups is 1. The van der Waals surface area contributed by atoms with Gasteiger partial charge in [-0.05, 0) is 26.3 Å². The van der Waals surface area contributed by atoms with E-state index in [4.69, 9.17) is 31.5 Å². The van der Waals surface area contributed by atoms with Crippen LogP contribution in [0.15, 0.2) is 0 Å². The normalized spacial score (nSPS) is 23.5. The van der Waals surface area contributed by atoms with Gasteiger partial charge in [-0.25, -0.2) is 26.1 Å². The summed E-state index contributed by atoms with van der Waals surface area (Å²) >= 11 is 0. The first-order valence-electron chi connectivity index (χ1n) is 16.9. The average molecular weight is 963 g/mol. The number of phosphoric ester groups is 2. The first-order chi connectivity index (χ1) is 26.9. The molecule has 0 bridgehead atoms. The van der Waals surface area contributed by atoms with Crippen LogP contribution >= 0.6 is 46.9 Å². The fourth-order valence-corrected chi connectivity index (χ4v) is 11.5. The Labute approximate surface area is 334 Å². The lowest BCUT2D eigenvalue weighted by Crippen LogP contribution is -2.27. The molecule has 58 heavy (non-hydrogen) atoms. The average Bonchev–Trinajstić information content (AvgIpc) is 3.38. The summed E-state index contributed by atoms with van der Waals surface area (Å²) in [5.74, 6) is -0.277. The third-order valence-electron chi connectivity index (χ3n) is 6.38. The predicted octanol–water partition coefficient (Wildman–Crippen LogP) is -2.46. The van der Waals surface area contributed by atoms with Crippen molar-refractivity contribution in [3.8, 4) is 0 Å². The maximum absolute atomic E-state index is 11.9. The minimum atomic E-state index is -6.81. The van der Waals surface area contributed by atoms with Gasteiger partial charge in [-0.1, -0.05) is 12.8 Å². The zero-order chi connectivity index (χ0) is 43.9. The Bertz CT molecular complexity index is 1500. The zero-order valence-electron chi connectivity index (χ0n) is 30.9. The van der Waals surface area contributed by atoms with E-state index in [0.717, 1.165) is 6.54 Å². The summed E-state index contributed by atoms with van der Waals surface area (Å²) in [5.41, 5.74) is 0. The van der Waals surface area contributed by atoms with Gasteiger partial charge in [0.15, 0.2) is 0 Å². The highest BCUT2D eigenvalue weighted by Gasteiger charge is 2.38. The van der Waals surface area contributed by atoms with Crippen molar-refractivity contribution in [2.45, 2.75) is 56.7 Å². The van der Waals surface area contributed by atoms with E-state index in [1.807, 2.05) is 7.05 Å². The molecule has 1 saturated heterocycles. The fraction of sp³-hybridized carbons (Fsp3) is 0.957. The number of hydrogen-bond acceptors (Lipinski definition) is 26. The molecule has 1 aliphatic rings. The molecule has 2 radical (unpaired) electrons. The van der Waals surface area contributed by atoms with Gasteiger partial charge in [0.05, 0.1) is 72.2 Å². The number of aliphatic hydroxyl groups excluding tert-OH is 1. The number of nitrogens with one attached hydrogen (secondary N) is 2. The van der Waals surface area contributed by atoms with E-state index >= 15 is 0 Å². The van der Waals surface area contributed by atoms with Crippen molar-refractivity contribution in [2.24, 2.45) is 0 Å². The summed E-state index contributed by atoms with van der Waals surface area (Å²) in [7, 11) is -31.3. The smallest absolute Gasteiger partial charge is 0.485 e. The number of rotatable bonds is 36. The maximum atomic E-state index is 11.9. The van der Waals surface area contributed by atoms with Gasteiger partial charge in [0.2, 0.25) is 5.91 Å². The second-order valence-electron chi connectivity index (χ2n) is 11.3. The molecule has 4 N–H and O–H groups in total. The third-order valence-corrected chi connectivity index (χ3v) is 15.4. The minimum absolute atomic E-state index is 0.00404. The van der Waals surface area contributed by atoms with E-state index in [9.17, 15) is 66.7 Å². The monoisotopic (exact) mass is 963 g/mol. The summed E-state index contributed by atoms with van der Waals surface area (Å²) in [6.45, 7) is 2.39. The van der Waals surface area contributed by atoms with E-state index in [1.54, 1.807) is 0 Å². The number of ether oxygens (including phenoxy) is 5. The van der Waals surface area contributed by atoms with Crippen LogP contribution in [0.3, 0.4) is 0 Å². The van der Waals surface area contributed by atoms with Gasteiger partial charge in [-0.15, -0.1) is 0 Å². The lowest BCUT2D eigenvalue weighted by Gasteiger charge is -2.36. The molecule has 7 unspecified atom stereocenters. The Kier molecular flexibility index (Phi) is 27.1. The van der Waals surface area contributed by atoms with E-state index in [-0.39, 0.29) is 44.9 Å². The first-order valence-corrected chi connectivity index (χ1v) is 25.7. The molecule has 1 amide bonds. The third kappa shape index (κ3) is 29.4. The van der Waals surface area contributed by atoms with Crippen molar-refractivity contribution >= 4 is 60.7 Å². The van der Waals surface area contributed by atoms with E-state index in [2.05, 4.69) is 41.2 Å². The van der Waals surface area contributed by atoms with Crippen LogP contribution in [0.25, 0.3) is 0 Å². The number of amides is 1. The topological polar surface area (TPSA) is 410 Å². The SMILES string of the molecule is [B][C@H]1CC(O)[C@@H](COP(=O)([O-])OP(=O)(O)OP(=O)([O-])OP(=O)([O-])OP(=O)([O-])OP(=O)([O-])OCCCCCCNC(=O)CCOCCOCCOCCOCCNC)O1. The van der Waals surface area contributed by atoms with Crippen LogP contribution in [0.1, 0.15) is 38.5 Å². The minimum Gasteiger partial charge on any atom is -0.756 e. The quantitative estimate of drug-likeness (QED) is 0.0287. The molecule has 28 nitrogen and oxygen atoms in total. The van der Waals surface area contributed by atoms with Crippen molar-refractivity contribution in [3.63, 3.8) is 0 Å². The van der Waals surface area contributed by atoms with Crippen LogP contribution in [-0.2, 0) is 86.5 Å². The number of likely N-dealkylation sites (N-methyl/N-ethyl adjacent to an activating group) is 1. The van der Waals surface area contributed by atoms with Gasteiger partial charge in [-0.2, -0.15) is 0 Å². The maximum Gasteiger partial charge on any atom is 0.485 e. The lowest BCUT2D eigenvalue weighted by molar-refractivity contribution is -0.252. The summed E-state index contributed by atoms with van der Waals surface area (Å²) < 4.78 is 123. The van der Waals surface area contributed by atoms with Gasteiger partial charge < -0.3 is 77.8 Å². The van der Waals surface area contributed by atoms with Crippen LogP contribution in [0.2, 0.25) is 0 Å². The molecule has 1 aliphatic heterocycles. The van der Waals surface area contributed by atoms with E-state index in [0.29, 0.717) is 58.9 Å². The molecule has 0 saturated carbocycles.